The second kappa shape index (κ2) is 4.23. The zero-order valence-corrected chi connectivity index (χ0v) is 9.20. The summed E-state index contributed by atoms with van der Waals surface area (Å²) < 4.78 is 0. The molecule has 1 aliphatic rings. The zero-order valence-electron chi connectivity index (χ0n) is 8.44. The van der Waals surface area contributed by atoms with Crippen molar-refractivity contribution < 1.29 is 14.7 Å². The van der Waals surface area contributed by atoms with Gasteiger partial charge in [-0.3, -0.25) is 9.59 Å². The molecule has 1 aromatic rings. The molecule has 0 saturated heterocycles. The van der Waals surface area contributed by atoms with E-state index in [9.17, 15) is 9.59 Å². The Labute approximate surface area is 97.4 Å². The van der Waals surface area contributed by atoms with E-state index in [2.05, 4.69) is 0 Å². The van der Waals surface area contributed by atoms with Crippen LogP contribution in [-0.4, -0.2) is 29.9 Å². The number of Topliss-reactive ketones (excluding diaryl/α,β-unsaturated/α-hetero) is 1. The number of carbonyl (C=O) groups is 2. The summed E-state index contributed by atoms with van der Waals surface area (Å²) in [5.41, 5.74) is 0.920. The molecule has 4 nitrogen and oxygen atoms in total. The molecule has 0 atom stereocenters. The molecule has 0 fully saturated rings. The van der Waals surface area contributed by atoms with Gasteiger partial charge in [-0.2, -0.15) is 0 Å². The Morgan fingerprint density at radius 3 is 2.75 bits per heavy atom. The molecule has 2 rings (SSSR count). The van der Waals surface area contributed by atoms with Gasteiger partial charge in [-0.05, 0) is 24.6 Å². The summed E-state index contributed by atoms with van der Waals surface area (Å²) in [6.45, 7) is 0.330. The van der Waals surface area contributed by atoms with Gasteiger partial charge in [0.2, 0.25) is 0 Å². The first-order valence-corrected chi connectivity index (χ1v) is 5.29. The molecule has 0 bridgehead atoms. The number of aliphatic hydroxyl groups is 1. The Kier molecular flexibility index (Phi) is 2.94. The fourth-order valence-corrected chi connectivity index (χ4v) is 1.90. The fraction of sp³-hybridized carbons (Fsp3) is 0.273. The number of halogens is 1. The average molecular weight is 240 g/mol. The number of aliphatic hydroxyl groups excluding tert-OH is 1. The van der Waals surface area contributed by atoms with Crippen LogP contribution in [0.15, 0.2) is 18.2 Å². The van der Waals surface area contributed by atoms with Crippen LogP contribution in [0.5, 0.6) is 0 Å². The number of ketones is 1. The lowest BCUT2D eigenvalue weighted by atomic mass is 10.1. The monoisotopic (exact) mass is 239 g/mol. The lowest BCUT2D eigenvalue weighted by Crippen LogP contribution is -2.31. The number of hydrogen-bond acceptors (Lipinski definition) is 3. The zero-order chi connectivity index (χ0) is 11.7. The van der Waals surface area contributed by atoms with E-state index in [1.807, 2.05) is 0 Å². The quantitative estimate of drug-likeness (QED) is 0.808. The van der Waals surface area contributed by atoms with E-state index in [4.69, 9.17) is 16.7 Å². The maximum Gasteiger partial charge on any atom is 0.299 e. The Morgan fingerprint density at radius 1 is 1.31 bits per heavy atom. The highest BCUT2D eigenvalue weighted by Gasteiger charge is 2.35. The maximum absolute atomic E-state index is 11.6. The molecule has 0 aliphatic carbocycles. The number of amides is 1. The number of fused-ring (bicyclic) bond motifs is 1. The first-order chi connectivity index (χ1) is 7.65. The van der Waals surface area contributed by atoms with Crippen LogP contribution in [0, 0.1) is 0 Å². The number of anilines is 1. The van der Waals surface area contributed by atoms with Crippen LogP contribution in [-0.2, 0) is 4.79 Å². The summed E-state index contributed by atoms with van der Waals surface area (Å²) in [6, 6.07) is 4.78. The highest BCUT2D eigenvalue weighted by molar-refractivity contribution is 6.52. The second-order valence-corrected chi connectivity index (χ2v) is 3.96. The first-order valence-electron chi connectivity index (χ1n) is 4.91. The third-order valence-electron chi connectivity index (χ3n) is 2.47. The smallest absolute Gasteiger partial charge is 0.299 e. The normalized spacial score (nSPS) is 14.5. The minimum atomic E-state index is -0.550. The van der Waals surface area contributed by atoms with Gasteiger partial charge in [-0.1, -0.05) is 11.6 Å². The molecule has 16 heavy (non-hydrogen) atoms. The Morgan fingerprint density at radius 2 is 2.06 bits per heavy atom. The fourth-order valence-electron chi connectivity index (χ4n) is 1.72. The minimum Gasteiger partial charge on any atom is -0.396 e. The first kappa shape index (κ1) is 11.1. The van der Waals surface area contributed by atoms with Crippen LogP contribution in [0.2, 0.25) is 5.02 Å². The van der Waals surface area contributed by atoms with Gasteiger partial charge in [0.05, 0.1) is 11.3 Å². The van der Waals surface area contributed by atoms with Crippen molar-refractivity contribution in [2.24, 2.45) is 0 Å². The van der Waals surface area contributed by atoms with Crippen molar-refractivity contribution in [1.82, 2.24) is 0 Å². The maximum atomic E-state index is 11.6. The highest BCUT2D eigenvalue weighted by atomic mass is 35.5. The Hall–Kier alpha value is -1.39. The average Bonchev–Trinajstić information content (AvgIpc) is 2.50. The van der Waals surface area contributed by atoms with E-state index >= 15 is 0 Å². The third kappa shape index (κ3) is 1.70. The predicted molar refractivity (Wildman–Crippen MR) is 59.8 cm³/mol. The third-order valence-corrected chi connectivity index (χ3v) is 2.71. The van der Waals surface area contributed by atoms with Crippen molar-refractivity contribution in [2.75, 3.05) is 18.1 Å². The van der Waals surface area contributed by atoms with E-state index in [1.54, 1.807) is 12.1 Å². The molecule has 1 amide bonds. The molecular weight excluding hydrogens is 230 g/mol. The number of benzene rings is 1. The van der Waals surface area contributed by atoms with E-state index < -0.39 is 11.7 Å². The van der Waals surface area contributed by atoms with Gasteiger partial charge in [-0.15, -0.1) is 0 Å². The van der Waals surface area contributed by atoms with Crippen molar-refractivity contribution in [3.05, 3.63) is 28.8 Å². The largest absolute Gasteiger partial charge is 0.396 e. The van der Waals surface area contributed by atoms with Gasteiger partial charge in [0.1, 0.15) is 0 Å². The number of carbonyl (C=O) groups excluding carboxylic acids is 2. The van der Waals surface area contributed by atoms with Gasteiger partial charge in [0.25, 0.3) is 11.7 Å². The number of nitrogens with zero attached hydrogens (tertiary/aromatic N) is 1. The standard InChI is InChI=1S/C11H10ClNO3/c12-7-2-3-9-8(6-7)10(15)11(16)13(9)4-1-5-14/h2-3,6,14H,1,4-5H2. The molecule has 0 saturated carbocycles. The molecule has 5 heteroatoms. The van der Waals surface area contributed by atoms with Crippen molar-refractivity contribution >= 4 is 29.0 Å². The Balaban J connectivity index is 2.38. The van der Waals surface area contributed by atoms with Crippen LogP contribution < -0.4 is 4.90 Å². The van der Waals surface area contributed by atoms with Crippen LogP contribution >= 0.6 is 11.6 Å². The summed E-state index contributed by atoms with van der Waals surface area (Å²) in [5.74, 6) is -1.08. The topological polar surface area (TPSA) is 57.6 Å². The van der Waals surface area contributed by atoms with Gasteiger partial charge < -0.3 is 10.0 Å². The van der Waals surface area contributed by atoms with Gasteiger partial charge >= 0.3 is 0 Å². The summed E-state index contributed by atoms with van der Waals surface area (Å²) in [5, 5.41) is 9.16. The van der Waals surface area contributed by atoms with Crippen molar-refractivity contribution in [2.45, 2.75) is 6.42 Å². The molecule has 1 N–H and O–H groups in total. The minimum absolute atomic E-state index is 0.0130. The lowest BCUT2D eigenvalue weighted by Gasteiger charge is -2.15. The second-order valence-electron chi connectivity index (χ2n) is 3.52. The van der Waals surface area contributed by atoms with Gasteiger partial charge in [-0.25, -0.2) is 0 Å². The molecule has 0 unspecified atom stereocenters. The molecule has 0 aromatic heterocycles. The summed E-state index contributed by atoms with van der Waals surface area (Å²) in [6.07, 6.45) is 0.446. The molecular formula is C11H10ClNO3. The summed E-state index contributed by atoms with van der Waals surface area (Å²) >= 11 is 5.77. The SMILES string of the molecule is O=C1C(=O)N(CCCO)c2ccc(Cl)cc21. The van der Waals surface area contributed by atoms with Gasteiger partial charge in [0, 0.05) is 18.2 Å². The molecule has 0 radical (unpaired) electrons. The number of hydrogen-bond donors (Lipinski definition) is 1. The van der Waals surface area contributed by atoms with Gasteiger partial charge in [0.15, 0.2) is 0 Å². The predicted octanol–water partition coefficient (Wildman–Crippen LogP) is 1.25. The molecule has 0 spiro atoms. The summed E-state index contributed by atoms with van der Waals surface area (Å²) in [4.78, 5) is 24.6. The van der Waals surface area contributed by atoms with E-state index in [0.717, 1.165) is 0 Å². The van der Waals surface area contributed by atoms with Crippen molar-refractivity contribution in [3.8, 4) is 0 Å². The Bertz CT molecular complexity index is 459. The molecule has 1 heterocycles. The van der Waals surface area contributed by atoms with Crippen LogP contribution in [0.25, 0.3) is 0 Å². The van der Waals surface area contributed by atoms with Crippen molar-refractivity contribution in [1.29, 1.82) is 0 Å². The van der Waals surface area contributed by atoms with E-state index in [-0.39, 0.29) is 6.61 Å². The molecule has 1 aliphatic heterocycles. The molecule has 1 aromatic carbocycles. The van der Waals surface area contributed by atoms with Crippen molar-refractivity contribution in [3.63, 3.8) is 0 Å². The molecule has 84 valence electrons. The van der Waals surface area contributed by atoms with Crippen LogP contribution in [0.1, 0.15) is 16.8 Å². The highest BCUT2D eigenvalue weighted by Crippen LogP contribution is 2.31. The van der Waals surface area contributed by atoms with Crippen LogP contribution in [0.4, 0.5) is 5.69 Å². The lowest BCUT2D eigenvalue weighted by molar-refractivity contribution is -0.114. The van der Waals surface area contributed by atoms with Crippen LogP contribution in [0.3, 0.4) is 0 Å². The van der Waals surface area contributed by atoms with E-state index in [1.165, 1.54) is 11.0 Å². The van der Waals surface area contributed by atoms with E-state index in [0.29, 0.717) is 29.2 Å². The summed E-state index contributed by atoms with van der Waals surface area (Å²) in [7, 11) is 0. The number of rotatable bonds is 3.